The number of H-pyrrole nitrogens is 1. The van der Waals surface area contributed by atoms with Crippen molar-refractivity contribution in [2.24, 2.45) is 0 Å². The van der Waals surface area contributed by atoms with E-state index in [9.17, 15) is 0 Å². The molecule has 3 heterocycles. The van der Waals surface area contributed by atoms with E-state index in [0.717, 1.165) is 34.4 Å². The number of benzene rings is 2. The molecule has 33 heavy (non-hydrogen) atoms. The second kappa shape index (κ2) is 8.55. The van der Waals surface area contributed by atoms with E-state index in [4.69, 9.17) is 4.98 Å². The Balaban J connectivity index is 0.00000228. The summed E-state index contributed by atoms with van der Waals surface area (Å²) in [5.74, 6) is 2.32. The molecule has 0 aliphatic heterocycles. The van der Waals surface area contributed by atoms with Gasteiger partial charge in [0.25, 0.3) is 0 Å². The smallest absolute Gasteiger partial charge is 0.205 e. The summed E-state index contributed by atoms with van der Waals surface area (Å²) in [6.45, 7) is 2.88. The molecule has 166 valence electrons. The van der Waals surface area contributed by atoms with Crippen LogP contribution in [-0.4, -0.2) is 35.2 Å². The Hall–Kier alpha value is -3.91. The number of nitrogens with one attached hydrogen (secondary N) is 1. The van der Waals surface area contributed by atoms with Gasteiger partial charge in [0, 0.05) is 17.7 Å². The number of aromatic amines is 1. The quantitative estimate of drug-likeness (QED) is 0.395. The minimum Gasteiger partial charge on any atom is -0.344 e. The summed E-state index contributed by atoms with van der Waals surface area (Å²) < 4.78 is 2.31. The number of pyridine rings is 1. The molecule has 1 saturated carbocycles. The van der Waals surface area contributed by atoms with Gasteiger partial charge in [-0.1, -0.05) is 55.0 Å². The molecular weight excluding hydrogens is 412 g/mol. The predicted octanol–water partition coefficient (Wildman–Crippen LogP) is 5.06. The summed E-state index contributed by atoms with van der Waals surface area (Å²) in [6.07, 6.45) is 5.61. The summed E-state index contributed by atoms with van der Waals surface area (Å²) in [5, 5.41) is 14.5. The van der Waals surface area contributed by atoms with Gasteiger partial charge >= 0.3 is 0 Å². The van der Waals surface area contributed by atoms with Crippen molar-refractivity contribution in [1.29, 1.82) is 0 Å². The molecule has 0 bridgehead atoms. The highest BCUT2D eigenvalue weighted by atomic mass is 15.5. The summed E-state index contributed by atoms with van der Waals surface area (Å²) in [4.78, 5) is 9.70. The predicted molar refractivity (Wildman–Crippen MR) is 128 cm³/mol. The van der Waals surface area contributed by atoms with Gasteiger partial charge in [0.15, 0.2) is 5.65 Å². The highest BCUT2D eigenvalue weighted by Gasteiger charge is 2.26. The van der Waals surface area contributed by atoms with Gasteiger partial charge in [-0.05, 0) is 53.3 Å². The molecule has 0 unspecified atom stereocenters. The molecule has 0 radical (unpaired) electrons. The van der Waals surface area contributed by atoms with Crippen LogP contribution < -0.4 is 6.15 Å². The van der Waals surface area contributed by atoms with Crippen LogP contribution in [-0.2, 0) is 6.54 Å². The second-order valence-corrected chi connectivity index (χ2v) is 8.46. The number of imidazole rings is 1. The molecule has 6 rings (SSSR count). The van der Waals surface area contributed by atoms with Crippen LogP contribution in [0, 0.1) is 6.92 Å². The third kappa shape index (κ3) is 3.68. The van der Waals surface area contributed by atoms with Gasteiger partial charge in [0.05, 0.1) is 6.54 Å². The molecule has 3 aromatic heterocycles. The molecule has 4 N–H and O–H groups in total. The van der Waals surface area contributed by atoms with E-state index in [0.29, 0.717) is 11.7 Å². The van der Waals surface area contributed by atoms with Crippen molar-refractivity contribution in [1.82, 2.24) is 41.3 Å². The minimum absolute atomic E-state index is 0. The van der Waals surface area contributed by atoms with Gasteiger partial charge < -0.3 is 10.7 Å². The van der Waals surface area contributed by atoms with Crippen molar-refractivity contribution in [3.8, 4) is 22.5 Å². The fraction of sp³-hybridized carbons (Fsp3) is 0.240. The number of hydrogen-bond acceptors (Lipinski definition) is 6. The molecule has 0 spiro atoms. The third-order valence-corrected chi connectivity index (χ3v) is 6.45. The molecular formula is C25H26N8. The Kier molecular flexibility index (Phi) is 5.43. The first-order valence-corrected chi connectivity index (χ1v) is 11.0. The average molecular weight is 439 g/mol. The molecule has 1 fully saturated rings. The number of aryl methyl sites for hydroxylation is 1. The normalized spacial score (nSPS) is 13.6. The van der Waals surface area contributed by atoms with Gasteiger partial charge in [-0.15, -0.1) is 10.2 Å². The lowest BCUT2D eigenvalue weighted by atomic mass is 9.85. The fourth-order valence-corrected chi connectivity index (χ4v) is 4.47. The first-order valence-electron chi connectivity index (χ1n) is 11.0. The molecule has 2 aromatic carbocycles. The van der Waals surface area contributed by atoms with E-state index in [-0.39, 0.29) is 6.15 Å². The highest BCUT2D eigenvalue weighted by Crippen LogP contribution is 2.38. The van der Waals surface area contributed by atoms with Crippen molar-refractivity contribution in [3.05, 3.63) is 77.7 Å². The Labute approximate surface area is 191 Å². The number of hydrogen-bond donors (Lipinski definition) is 2. The molecule has 1 aliphatic rings. The van der Waals surface area contributed by atoms with Gasteiger partial charge in [-0.2, -0.15) is 5.21 Å². The lowest BCUT2D eigenvalue weighted by Gasteiger charge is -2.25. The van der Waals surface area contributed by atoms with Crippen molar-refractivity contribution < 1.29 is 0 Å². The van der Waals surface area contributed by atoms with Crippen LogP contribution in [0.3, 0.4) is 0 Å². The molecule has 8 nitrogen and oxygen atoms in total. The standard InChI is InChI=1S/C25H23N7.H3N/c1-16-13-14-26-25-22(16)27-24(19-5-4-6-19)32(25)15-17-9-11-18(12-10-17)20-7-2-3-8-21(20)23-28-30-31-29-23;/h2-3,7-14,19H,4-6,15H2,1H3,(H,28,29,30,31);1H3. The lowest BCUT2D eigenvalue weighted by molar-refractivity contribution is 0.391. The number of fused-ring (bicyclic) bond motifs is 1. The topological polar surface area (TPSA) is 120 Å². The lowest BCUT2D eigenvalue weighted by Crippen LogP contribution is -2.16. The molecule has 0 amide bonds. The SMILES string of the molecule is Cc1ccnc2c1nc(C1CCC1)n2Cc1ccc(-c2ccccc2-c2nn[nH]n2)cc1.N. The summed E-state index contributed by atoms with van der Waals surface area (Å²) in [7, 11) is 0. The van der Waals surface area contributed by atoms with Gasteiger partial charge in [0.1, 0.15) is 11.3 Å². The Morgan fingerprint density at radius 3 is 2.48 bits per heavy atom. The first kappa shape index (κ1) is 21.0. The van der Waals surface area contributed by atoms with Crippen LogP contribution in [0.15, 0.2) is 60.8 Å². The zero-order valence-electron chi connectivity index (χ0n) is 18.6. The van der Waals surface area contributed by atoms with E-state index in [1.54, 1.807) is 0 Å². The van der Waals surface area contributed by atoms with E-state index < -0.39 is 0 Å². The summed E-state index contributed by atoms with van der Waals surface area (Å²) in [6, 6.07) is 18.9. The largest absolute Gasteiger partial charge is 0.344 e. The number of tetrazole rings is 1. The maximum absolute atomic E-state index is 5.01. The number of nitrogens with zero attached hydrogens (tertiary/aromatic N) is 6. The minimum atomic E-state index is 0. The summed E-state index contributed by atoms with van der Waals surface area (Å²) in [5.41, 5.74) is 7.59. The van der Waals surface area contributed by atoms with Gasteiger partial charge in [-0.25, -0.2) is 9.97 Å². The van der Waals surface area contributed by atoms with Crippen LogP contribution in [0.5, 0.6) is 0 Å². The first-order chi connectivity index (χ1) is 15.8. The Morgan fingerprint density at radius 2 is 1.79 bits per heavy atom. The van der Waals surface area contributed by atoms with E-state index in [2.05, 4.69) is 67.4 Å². The maximum Gasteiger partial charge on any atom is 0.205 e. The van der Waals surface area contributed by atoms with Crippen LogP contribution in [0.4, 0.5) is 0 Å². The maximum atomic E-state index is 5.01. The van der Waals surface area contributed by atoms with Gasteiger partial charge in [0.2, 0.25) is 5.82 Å². The molecule has 0 saturated heterocycles. The van der Waals surface area contributed by atoms with E-state index in [1.165, 1.54) is 36.2 Å². The van der Waals surface area contributed by atoms with Gasteiger partial charge in [-0.3, -0.25) is 0 Å². The molecule has 5 aromatic rings. The van der Waals surface area contributed by atoms with Crippen molar-refractivity contribution in [3.63, 3.8) is 0 Å². The van der Waals surface area contributed by atoms with Crippen molar-refractivity contribution >= 4 is 11.2 Å². The summed E-state index contributed by atoms with van der Waals surface area (Å²) >= 11 is 0. The highest BCUT2D eigenvalue weighted by molar-refractivity contribution is 5.80. The third-order valence-electron chi connectivity index (χ3n) is 6.45. The Bertz CT molecular complexity index is 1380. The zero-order chi connectivity index (χ0) is 21.5. The number of aromatic nitrogens is 7. The van der Waals surface area contributed by atoms with Crippen LogP contribution in [0.1, 0.15) is 42.1 Å². The van der Waals surface area contributed by atoms with Crippen molar-refractivity contribution in [2.75, 3.05) is 0 Å². The van der Waals surface area contributed by atoms with E-state index >= 15 is 0 Å². The molecule has 8 heteroatoms. The van der Waals surface area contributed by atoms with Crippen LogP contribution in [0.2, 0.25) is 0 Å². The fourth-order valence-electron chi connectivity index (χ4n) is 4.47. The Morgan fingerprint density at radius 1 is 1.00 bits per heavy atom. The monoisotopic (exact) mass is 438 g/mol. The zero-order valence-corrected chi connectivity index (χ0v) is 18.6. The van der Waals surface area contributed by atoms with Crippen LogP contribution in [0.25, 0.3) is 33.7 Å². The average Bonchev–Trinajstić information content (AvgIpc) is 3.44. The van der Waals surface area contributed by atoms with E-state index in [1.807, 2.05) is 30.5 Å². The molecule has 0 atom stereocenters. The second-order valence-electron chi connectivity index (χ2n) is 8.46. The van der Waals surface area contributed by atoms with Crippen molar-refractivity contribution in [2.45, 2.75) is 38.6 Å². The molecule has 1 aliphatic carbocycles. The number of rotatable bonds is 5. The van der Waals surface area contributed by atoms with Crippen LogP contribution >= 0.6 is 0 Å².